The van der Waals surface area contributed by atoms with Crippen LogP contribution >= 0.6 is 0 Å². The summed E-state index contributed by atoms with van der Waals surface area (Å²) in [6.45, 7) is 10.9. The normalized spacial score (nSPS) is 15.9. The Morgan fingerprint density at radius 1 is 1.06 bits per heavy atom. The quantitative estimate of drug-likeness (QED) is 0.476. The van der Waals surface area contributed by atoms with Crippen LogP contribution in [0.15, 0.2) is 18.2 Å². The van der Waals surface area contributed by atoms with Crippen LogP contribution in [0.5, 0.6) is 0 Å². The van der Waals surface area contributed by atoms with Crippen LogP contribution in [-0.2, 0) is 19.1 Å². The van der Waals surface area contributed by atoms with Crippen molar-refractivity contribution in [1.82, 2.24) is 15.5 Å². The summed E-state index contributed by atoms with van der Waals surface area (Å²) in [5.74, 6) is -1.61. The van der Waals surface area contributed by atoms with E-state index < -0.39 is 42.0 Å². The van der Waals surface area contributed by atoms with Crippen LogP contribution in [0, 0.1) is 13.8 Å². The predicted octanol–water partition coefficient (Wildman–Crippen LogP) is 3.41. The van der Waals surface area contributed by atoms with Crippen LogP contribution in [-0.4, -0.2) is 52.9 Å². The maximum absolute atomic E-state index is 13.8. The highest BCUT2D eigenvalue weighted by Crippen LogP contribution is 2.26. The maximum atomic E-state index is 13.8. The summed E-state index contributed by atoms with van der Waals surface area (Å²) in [7, 11) is 0. The molecule has 2 atom stereocenters. The Morgan fingerprint density at radius 3 is 2.14 bits per heavy atom. The highest BCUT2D eigenvalue weighted by atomic mass is 16.6. The molecule has 9 heteroatoms. The molecule has 1 aromatic carbocycles. The van der Waals surface area contributed by atoms with Gasteiger partial charge in [-0.2, -0.15) is 0 Å². The van der Waals surface area contributed by atoms with Crippen molar-refractivity contribution < 1.29 is 23.9 Å². The van der Waals surface area contributed by atoms with E-state index in [1.54, 1.807) is 27.7 Å². The van der Waals surface area contributed by atoms with Gasteiger partial charge < -0.3 is 26.0 Å². The minimum atomic E-state index is -1.27. The molecule has 9 nitrogen and oxygen atoms in total. The van der Waals surface area contributed by atoms with E-state index in [1.807, 2.05) is 32.0 Å². The molecular weight excluding hydrogens is 460 g/mol. The Bertz CT molecular complexity index is 930. The second-order valence-electron chi connectivity index (χ2n) is 10.7. The summed E-state index contributed by atoms with van der Waals surface area (Å²) in [5, 5.41) is 5.63. The number of hydrogen-bond donors (Lipinski definition) is 3. The zero-order valence-electron chi connectivity index (χ0n) is 22.5. The lowest BCUT2D eigenvalue weighted by molar-refractivity contribution is -0.143. The molecule has 4 N–H and O–H groups in total. The topological polar surface area (TPSA) is 131 Å². The first-order chi connectivity index (χ1) is 16.8. The van der Waals surface area contributed by atoms with Gasteiger partial charge in [-0.3, -0.25) is 14.4 Å². The minimum absolute atomic E-state index is 0.0507. The molecule has 1 aliphatic rings. The SMILES string of the molecule is CCN(C(=O)C(CC(N)=O)NC(=O)OC(C)(C)C)C(C(=O)NC1CCCCC1)c1cc(C)cc(C)c1. The number of alkyl carbamates (subject to hydrolysis) is 1. The molecular formula is C27H42N4O5. The van der Waals surface area contributed by atoms with Gasteiger partial charge in [-0.15, -0.1) is 0 Å². The molecule has 200 valence electrons. The van der Waals surface area contributed by atoms with E-state index in [1.165, 1.54) is 4.90 Å². The zero-order valence-corrected chi connectivity index (χ0v) is 22.5. The molecule has 0 aliphatic heterocycles. The maximum Gasteiger partial charge on any atom is 0.408 e. The van der Waals surface area contributed by atoms with E-state index in [0.717, 1.165) is 43.2 Å². The molecule has 2 unspecified atom stereocenters. The van der Waals surface area contributed by atoms with Crippen molar-refractivity contribution in [2.24, 2.45) is 5.73 Å². The van der Waals surface area contributed by atoms with Gasteiger partial charge in [-0.25, -0.2) is 4.79 Å². The number of carbonyl (C=O) groups excluding carboxylic acids is 4. The van der Waals surface area contributed by atoms with Crippen molar-refractivity contribution in [2.45, 2.75) is 104 Å². The van der Waals surface area contributed by atoms with Gasteiger partial charge in [0.25, 0.3) is 0 Å². The van der Waals surface area contributed by atoms with Gasteiger partial charge in [0, 0.05) is 12.6 Å². The first-order valence-corrected chi connectivity index (χ1v) is 12.8. The van der Waals surface area contributed by atoms with E-state index in [4.69, 9.17) is 10.5 Å². The van der Waals surface area contributed by atoms with E-state index in [0.29, 0.717) is 5.56 Å². The third-order valence-electron chi connectivity index (χ3n) is 6.09. The number of hydrogen-bond acceptors (Lipinski definition) is 5. The van der Waals surface area contributed by atoms with Crippen molar-refractivity contribution in [3.05, 3.63) is 34.9 Å². The number of nitrogens with one attached hydrogen (secondary N) is 2. The number of primary amides is 1. The number of aryl methyl sites for hydroxylation is 2. The monoisotopic (exact) mass is 502 g/mol. The molecule has 0 bridgehead atoms. The number of nitrogens with two attached hydrogens (primary N) is 1. The second kappa shape index (κ2) is 12.7. The lowest BCUT2D eigenvalue weighted by Crippen LogP contribution is -2.54. The number of carbonyl (C=O) groups is 4. The Balaban J connectivity index is 2.42. The lowest BCUT2D eigenvalue weighted by atomic mass is 9.94. The highest BCUT2D eigenvalue weighted by Gasteiger charge is 2.37. The van der Waals surface area contributed by atoms with Crippen molar-refractivity contribution >= 4 is 23.8 Å². The van der Waals surface area contributed by atoms with Crippen LogP contribution in [0.2, 0.25) is 0 Å². The summed E-state index contributed by atoms with van der Waals surface area (Å²) in [6, 6.07) is 3.62. The third-order valence-corrected chi connectivity index (χ3v) is 6.09. The van der Waals surface area contributed by atoms with Gasteiger partial charge in [-0.1, -0.05) is 48.6 Å². The summed E-state index contributed by atoms with van der Waals surface area (Å²) in [6.07, 6.45) is 3.79. The second-order valence-corrected chi connectivity index (χ2v) is 10.7. The van der Waals surface area contributed by atoms with Crippen LogP contribution in [0.25, 0.3) is 0 Å². The van der Waals surface area contributed by atoms with Crippen LogP contribution in [0.1, 0.15) is 89.0 Å². The molecule has 1 fully saturated rings. The fraction of sp³-hybridized carbons (Fsp3) is 0.630. The number of nitrogens with zero attached hydrogens (tertiary/aromatic N) is 1. The average Bonchev–Trinajstić information content (AvgIpc) is 2.74. The van der Waals surface area contributed by atoms with Crippen molar-refractivity contribution in [3.8, 4) is 0 Å². The van der Waals surface area contributed by atoms with Crippen molar-refractivity contribution in [1.29, 1.82) is 0 Å². The standard InChI is InChI=1S/C27H42N4O5/c1-7-31(25(34)21(16-22(28)32)30-26(35)36-27(4,5)6)23(19-14-17(2)13-18(3)15-19)24(33)29-20-11-9-8-10-12-20/h13-15,20-21,23H,7-12,16H2,1-6H3,(H2,28,32)(H,29,33)(H,30,35). The molecule has 36 heavy (non-hydrogen) atoms. The van der Waals surface area contributed by atoms with Crippen LogP contribution < -0.4 is 16.4 Å². The molecule has 0 heterocycles. The number of amides is 4. The predicted molar refractivity (Wildman–Crippen MR) is 138 cm³/mol. The Kier molecular flexibility index (Phi) is 10.3. The molecule has 1 aliphatic carbocycles. The first kappa shape index (κ1) is 29.1. The molecule has 0 saturated heterocycles. The first-order valence-electron chi connectivity index (χ1n) is 12.8. The average molecular weight is 503 g/mol. The largest absolute Gasteiger partial charge is 0.444 e. The van der Waals surface area contributed by atoms with Gasteiger partial charge in [0.1, 0.15) is 17.7 Å². The van der Waals surface area contributed by atoms with Crippen LogP contribution in [0.3, 0.4) is 0 Å². The van der Waals surface area contributed by atoms with Crippen molar-refractivity contribution in [2.75, 3.05) is 6.54 Å². The summed E-state index contributed by atoms with van der Waals surface area (Å²) >= 11 is 0. The third kappa shape index (κ3) is 8.84. The molecule has 4 amide bonds. The molecule has 2 rings (SSSR count). The number of ether oxygens (including phenoxy) is 1. The number of rotatable bonds is 9. The summed E-state index contributed by atoms with van der Waals surface area (Å²) < 4.78 is 5.29. The zero-order chi connectivity index (χ0) is 27.0. The van der Waals surface area contributed by atoms with Gasteiger partial charge in [-0.05, 0) is 59.9 Å². The van der Waals surface area contributed by atoms with Crippen molar-refractivity contribution in [3.63, 3.8) is 0 Å². The van der Waals surface area contributed by atoms with E-state index in [2.05, 4.69) is 10.6 Å². The lowest BCUT2D eigenvalue weighted by Gasteiger charge is -2.35. The van der Waals surface area contributed by atoms with Crippen LogP contribution in [0.4, 0.5) is 4.79 Å². The molecule has 0 spiro atoms. The summed E-state index contributed by atoms with van der Waals surface area (Å²) in [5.41, 5.74) is 7.21. The van der Waals surface area contributed by atoms with E-state index in [9.17, 15) is 19.2 Å². The Morgan fingerprint density at radius 2 is 1.64 bits per heavy atom. The minimum Gasteiger partial charge on any atom is -0.444 e. The van der Waals surface area contributed by atoms with E-state index in [-0.39, 0.29) is 18.5 Å². The van der Waals surface area contributed by atoms with Gasteiger partial charge in [0.05, 0.1) is 6.42 Å². The Labute approximate surface area is 214 Å². The summed E-state index contributed by atoms with van der Waals surface area (Å²) in [4.78, 5) is 53.1. The fourth-order valence-electron chi connectivity index (χ4n) is 4.68. The van der Waals surface area contributed by atoms with E-state index >= 15 is 0 Å². The molecule has 0 radical (unpaired) electrons. The molecule has 1 saturated carbocycles. The Hall–Kier alpha value is -3.10. The number of likely N-dealkylation sites (N-methyl/N-ethyl adjacent to an activating group) is 1. The number of benzene rings is 1. The van der Waals surface area contributed by atoms with Gasteiger partial charge in [0.2, 0.25) is 17.7 Å². The molecule has 1 aromatic rings. The van der Waals surface area contributed by atoms with Gasteiger partial charge >= 0.3 is 6.09 Å². The molecule has 0 aromatic heterocycles. The highest BCUT2D eigenvalue weighted by molar-refractivity contribution is 5.94. The van der Waals surface area contributed by atoms with Gasteiger partial charge in [0.15, 0.2) is 0 Å². The fourth-order valence-corrected chi connectivity index (χ4v) is 4.68. The smallest absolute Gasteiger partial charge is 0.408 e.